The summed E-state index contributed by atoms with van der Waals surface area (Å²) in [6.07, 6.45) is 10.1. The van der Waals surface area contributed by atoms with Crippen molar-refractivity contribution in [3.05, 3.63) is 30.1 Å². The van der Waals surface area contributed by atoms with Crippen LogP contribution < -0.4 is 0 Å². The zero-order valence-corrected chi connectivity index (χ0v) is 8.67. The van der Waals surface area contributed by atoms with Crippen molar-refractivity contribution in [1.82, 2.24) is 9.78 Å². The number of alkyl halides is 1. The van der Waals surface area contributed by atoms with E-state index in [1.54, 1.807) is 0 Å². The van der Waals surface area contributed by atoms with Crippen molar-refractivity contribution < 1.29 is 0 Å². The lowest BCUT2D eigenvalue weighted by Gasteiger charge is -1.90. The van der Waals surface area contributed by atoms with Gasteiger partial charge in [-0.2, -0.15) is 5.10 Å². The maximum Gasteiger partial charge on any atom is 0.0524 e. The van der Waals surface area contributed by atoms with E-state index in [9.17, 15) is 0 Å². The number of halogens is 1. The van der Waals surface area contributed by atoms with Gasteiger partial charge in [-0.05, 0) is 25.3 Å². The Labute approximate surface area is 84.2 Å². The number of rotatable bonds is 5. The van der Waals surface area contributed by atoms with Crippen LogP contribution in [-0.2, 0) is 13.0 Å². The van der Waals surface area contributed by atoms with E-state index in [2.05, 4.69) is 30.4 Å². The van der Waals surface area contributed by atoms with E-state index in [4.69, 9.17) is 11.6 Å². The van der Waals surface area contributed by atoms with Gasteiger partial charge in [-0.3, -0.25) is 4.68 Å². The second-order valence-corrected chi connectivity index (χ2v) is 3.24. The zero-order valence-electron chi connectivity index (χ0n) is 7.91. The third-order valence-electron chi connectivity index (χ3n) is 1.81. The topological polar surface area (TPSA) is 17.8 Å². The fraction of sp³-hybridized carbons (Fsp3) is 0.500. The predicted molar refractivity (Wildman–Crippen MR) is 56.1 cm³/mol. The van der Waals surface area contributed by atoms with Crippen LogP contribution in [0.1, 0.15) is 18.9 Å². The molecule has 0 amide bonds. The van der Waals surface area contributed by atoms with Crippen molar-refractivity contribution in [2.45, 2.75) is 26.3 Å². The summed E-state index contributed by atoms with van der Waals surface area (Å²) < 4.78 is 1.94. The number of aromatic nitrogens is 2. The molecule has 0 aliphatic heterocycles. The molecule has 0 atom stereocenters. The summed E-state index contributed by atoms with van der Waals surface area (Å²) in [6.45, 7) is 3.02. The van der Waals surface area contributed by atoms with Crippen LogP contribution in [0.4, 0.5) is 0 Å². The lowest BCUT2D eigenvalue weighted by molar-refractivity contribution is 0.659. The summed E-state index contributed by atoms with van der Waals surface area (Å²) in [4.78, 5) is 0. The summed E-state index contributed by atoms with van der Waals surface area (Å²) >= 11 is 5.54. The van der Waals surface area contributed by atoms with E-state index < -0.39 is 0 Å². The van der Waals surface area contributed by atoms with Crippen molar-refractivity contribution >= 4 is 11.6 Å². The summed E-state index contributed by atoms with van der Waals surface area (Å²) in [5.41, 5.74) is 1.26. The Morgan fingerprint density at radius 2 is 2.38 bits per heavy atom. The van der Waals surface area contributed by atoms with Crippen LogP contribution in [0.15, 0.2) is 24.5 Å². The maximum atomic E-state index is 5.54. The maximum absolute atomic E-state index is 5.54. The highest BCUT2D eigenvalue weighted by atomic mass is 35.5. The first-order chi connectivity index (χ1) is 6.36. The first kappa shape index (κ1) is 10.3. The minimum absolute atomic E-state index is 0.699. The minimum atomic E-state index is 0.699. The van der Waals surface area contributed by atoms with Gasteiger partial charge in [0.05, 0.1) is 6.20 Å². The summed E-state index contributed by atoms with van der Waals surface area (Å²) in [5, 5.41) is 4.19. The van der Waals surface area contributed by atoms with E-state index in [0.29, 0.717) is 5.88 Å². The van der Waals surface area contributed by atoms with Crippen LogP contribution in [0.3, 0.4) is 0 Å². The fourth-order valence-electron chi connectivity index (χ4n) is 1.09. The molecule has 1 rings (SSSR count). The molecule has 3 heteroatoms. The Morgan fingerprint density at radius 3 is 3.00 bits per heavy atom. The normalized spacial score (nSPS) is 11.2. The van der Waals surface area contributed by atoms with Crippen LogP contribution >= 0.6 is 11.6 Å². The number of hydrogen-bond acceptors (Lipinski definition) is 1. The zero-order chi connectivity index (χ0) is 9.52. The van der Waals surface area contributed by atoms with Gasteiger partial charge in [-0.1, -0.05) is 12.2 Å². The van der Waals surface area contributed by atoms with Crippen LogP contribution in [0, 0.1) is 0 Å². The molecule has 0 aliphatic carbocycles. The Kier molecular flexibility index (Phi) is 4.61. The molecule has 1 heterocycles. The van der Waals surface area contributed by atoms with Gasteiger partial charge < -0.3 is 0 Å². The molecular weight excluding hydrogens is 184 g/mol. The van der Waals surface area contributed by atoms with Crippen LogP contribution in [0.2, 0.25) is 0 Å². The van der Waals surface area contributed by atoms with Crippen molar-refractivity contribution in [3.8, 4) is 0 Å². The molecule has 0 fully saturated rings. The lowest BCUT2D eigenvalue weighted by Crippen LogP contribution is -1.92. The average Bonchev–Trinajstić information content (AvgIpc) is 2.60. The number of nitrogens with zero attached hydrogens (tertiary/aromatic N) is 2. The SMILES string of the molecule is CCn1cc(CC=CCCCl)cn1. The third kappa shape index (κ3) is 3.64. The predicted octanol–water partition coefficient (Wildman–Crippen LogP) is 2.63. The van der Waals surface area contributed by atoms with E-state index in [1.807, 2.05) is 10.9 Å². The van der Waals surface area contributed by atoms with Crippen molar-refractivity contribution in [1.29, 1.82) is 0 Å². The Balaban J connectivity index is 2.36. The molecular formula is C10H15ClN2. The largest absolute Gasteiger partial charge is 0.273 e. The highest BCUT2D eigenvalue weighted by Crippen LogP contribution is 2.00. The average molecular weight is 199 g/mol. The quantitative estimate of drug-likeness (QED) is 0.526. The highest BCUT2D eigenvalue weighted by Gasteiger charge is 1.93. The standard InChI is InChI=1S/C10H15ClN2/c1-2-13-9-10(8-12-13)6-4-3-5-7-11/h3-4,8-9H,2,5-7H2,1H3. The Hall–Kier alpha value is -0.760. The second kappa shape index (κ2) is 5.81. The molecule has 13 heavy (non-hydrogen) atoms. The number of allylic oxidation sites excluding steroid dienone is 2. The second-order valence-electron chi connectivity index (χ2n) is 2.86. The van der Waals surface area contributed by atoms with Crippen molar-refractivity contribution in [2.24, 2.45) is 0 Å². The molecule has 0 N–H and O–H groups in total. The Bertz CT molecular complexity index is 266. The molecule has 0 radical (unpaired) electrons. The molecule has 0 aliphatic rings. The van der Waals surface area contributed by atoms with Gasteiger partial charge in [0.15, 0.2) is 0 Å². The smallest absolute Gasteiger partial charge is 0.0524 e. The fourth-order valence-corrected chi connectivity index (χ4v) is 1.21. The molecule has 0 spiro atoms. The molecule has 0 bridgehead atoms. The van der Waals surface area contributed by atoms with E-state index in [0.717, 1.165) is 19.4 Å². The molecule has 0 saturated carbocycles. The Morgan fingerprint density at radius 1 is 1.54 bits per heavy atom. The molecule has 1 aromatic heterocycles. The summed E-state index contributed by atoms with van der Waals surface area (Å²) in [5.74, 6) is 0.699. The number of hydrogen-bond donors (Lipinski definition) is 0. The van der Waals surface area contributed by atoms with Gasteiger partial charge >= 0.3 is 0 Å². The van der Waals surface area contributed by atoms with Gasteiger partial charge in [0.2, 0.25) is 0 Å². The molecule has 2 nitrogen and oxygen atoms in total. The van der Waals surface area contributed by atoms with Crippen molar-refractivity contribution in [3.63, 3.8) is 0 Å². The van der Waals surface area contributed by atoms with Gasteiger partial charge in [0, 0.05) is 18.6 Å². The molecule has 0 aromatic carbocycles. The first-order valence-electron chi connectivity index (χ1n) is 4.59. The number of aryl methyl sites for hydroxylation is 1. The van der Waals surface area contributed by atoms with E-state index in [1.165, 1.54) is 5.56 Å². The van der Waals surface area contributed by atoms with Gasteiger partial charge in [0.1, 0.15) is 0 Å². The van der Waals surface area contributed by atoms with E-state index >= 15 is 0 Å². The monoisotopic (exact) mass is 198 g/mol. The third-order valence-corrected chi connectivity index (χ3v) is 2.02. The highest BCUT2D eigenvalue weighted by molar-refractivity contribution is 6.17. The molecule has 0 saturated heterocycles. The molecule has 72 valence electrons. The van der Waals surface area contributed by atoms with E-state index in [-0.39, 0.29) is 0 Å². The first-order valence-corrected chi connectivity index (χ1v) is 5.12. The summed E-state index contributed by atoms with van der Waals surface area (Å²) in [7, 11) is 0. The molecule has 1 aromatic rings. The van der Waals surface area contributed by atoms with Gasteiger partial charge in [0.25, 0.3) is 0 Å². The lowest BCUT2D eigenvalue weighted by atomic mass is 10.2. The molecule has 0 unspecified atom stereocenters. The van der Waals surface area contributed by atoms with Gasteiger partial charge in [-0.15, -0.1) is 11.6 Å². The summed E-state index contributed by atoms with van der Waals surface area (Å²) in [6, 6.07) is 0. The van der Waals surface area contributed by atoms with Crippen LogP contribution in [-0.4, -0.2) is 15.7 Å². The van der Waals surface area contributed by atoms with Crippen molar-refractivity contribution in [2.75, 3.05) is 5.88 Å². The van der Waals surface area contributed by atoms with Crippen LogP contribution in [0.25, 0.3) is 0 Å². The van der Waals surface area contributed by atoms with Crippen LogP contribution in [0.5, 0.6) is 0 Å². The minimum Gasteiger partial charge on any atom is -0.273 e. The van der Waals surface area contributed by atoms with Gasteiger partial charge in [-0.25, -0.2) is 0 Å².